The number of hydrogen-bond acceptors (Lipinski definition) is 2. The Morgan fingerprint density at radius 2 is 1.73 bits per heavy atom. The SMILES string of the molecule is Clc1ccc([C@]2(CBr)OC[C@@H](c3ccc(Cl)cc3Cl)O2)cc1. The Bertz CT molecular complexity index is 678. The highest BCUT2D eigenvalue weighted by molar-refractivity contribution is 9.09. The molecule has 2 atom stereocenters. The van der Waals surface area contributed by atoms with Gasteiger partial charge in [0.15, 0.2) is 0 Å². The van der Waals surface area contributed by atoms with Crippen LogP contribution in [0.4, 0.5) is 0 Å². The van der Waals surface area contributed by atoms with Crippen LogP contribution in [0.5, 0.6) is 0 Å². The highest BCUT2D eigenvalue weighted by Gasteiger charge is 2.43. The minimum Gasteiger partial charge on any atom is -0.342 e. The van der Waals surface area contributed by atoms with E-state index in [1.54, 1.807) is 12.1 Å². The van der Waals surface area contributed by atoms with Crippen molar-refractivity contribution in [3.63, 3.8) is 0 Å². The van der Waals surface area contributed by atoms with Crippen LogP contribution in [0.1, 0.15) is 17.2 Å². The maximum Gasteiger partial charge on any atom is 0.205 e. The van der Waals surface area contributed by atoms with Crippen molar-refractivity contribution in [3.8, 4) is 0 Å². The summed E-state index contributed by atoms with van der Waals surface area (Å²) in [6, 6.07) is 12.8. The van der Waals surface area contributed by atoms with E-state index in [1.165, 1.54) is 0 Å². The molecule has 1 saturated heterocycles. The monoisotopic (exact) mass is 420 g/mol. The van der Waals surface area contributed by atoms with Gasteiger partial charge in [0.2, 0.25) is 5.79 Å². The number of benzene rings is 2. The molecule has 0 saturated carbocycles. The van der Waals surface area contributed by atoms with E-state index in [0.717, 1.165) is 11.1 Å². The van der Waals surface area contributed by atoms with E-state index in [-0.39, 0.29) is 6.10 Å². The maximum atomic E-state index is 6.26. The topological polar surface area (TPSA) is 18.5 Å². The molecule has 0 aromatic heterocycles. The lowest BCUT2D eigenvalue weighted by molar-refractivity contribution is -0.157. The van der Waals surface area contributed by atoms with Crippen molar-refractivity contribution in [1.29, 1.82) is 0 Å². The Labute approximate surface area is 152 Å². The third-order valence-corrected chi connectivity index (χ3v) is 5.12. The minimum atomic E-state index is -0.849. The minimum absolute atomic E-state index is 0.252. The van der Waals surface area contributed by atoms with Crippen LogP contribution in [-0.2, 0) is 15.3 Å². The second-order valence-corrected chi connectivity index (χ2v) is 6.82. The molecule has 0 unspecified atom stereocenters. The molecular formula is C16H12BrCl3O2. The molecule has 0 bridgehead atoms. The maximum absolute atomic E-state index is 6.26. The van der Waals surface area contributed by atoms with Crippen LogP contribution in [-0.4, -0.2) is 11.9 Å². The zero-order chi connectivity index (χ0) is 15.7. The van der Waals surface area contributed by atoms with Gasteiger partial charge in [0, 0.05) is 26.2 Å². The van der Waals surface area contributed by atoms with Gasteiger partial charge >= 0.3 is 0 Å². The smallest absolute Gasteiger partial charge is 0.205 e. The van der Waals surface area contributed by atoms with Crippen LogP contribution in [0, 0.1) is 0 Å². The van der Waals surface area contributed by atoms with Crippen molar-refractivity contribution in [2.75, 3.05) is 11.9 Å². The predicted molar refractivity (Wildman–Crippen MR) is 93.2 cm³/mol. The van der Waals surface area contributed by atoms with Gasteiger partial charge in [0.1, 0.15) is 6.10 Å². The zero-order valence-corrected chi connectivity index (χ0v) is 15.2. The molecule has 0 spiro atoms. The first kappa shape index (κ1) is 16.6. The predicted octanol–water partition coefficient (Wildman–Crippen LogP) is 5.98. The van der Waals surface area contributed by atoms with Gasteiger partial charge < -0.3 is 9.47 Å². The van der Waals surface area contributed by atoms with E-state index < -0.39 is 5.79 Å². The third kappa shape index (κ3) is 3.16. The average Bonchev–Trinajstić information content (AvgIpc) is 2.93. The normalized spacial score (nSPS) is 24.6. The first-order valence-corrected chi connectivity index (χ1v) is 8.88. The van der Waals surface area contributed by atoms with E-state index in [9.17, 15) is 0 Å². The van der Waals surface area contributed by atoms with Gasteiger partial charge in [-0.2, -0.15) is 0 Å². The second kappa shape index (κ2) is 6.68. The molecule has 1 heterocycles. The summed E-state index contributed by atoms with van der Waals surface area (Å²) in [4.78, 5) is 0. The zero-order valence-electron chi connectivity index (χ0n) is 11.4. The van der Waals surface area contributed by atoms with Crippen LogP contribution in [0.2, 0.25) is 15.1 Å². The number of ether oxygens (including phenoxy) is 2. The summed E-state index contributed by atoms with van der Waals surface area (Å²) in [6.45, 7) is 0.412. The molecule has 6 heteroatoms. The molecule has 0 N–H and O–H groups in total. The highest BCUT2D eigenvalue weighted by atomic mass is 79.9. The van der Waals surface area contributed by atoms with Crippen molar-refractivity contribution in [2.24, 2.45) is 0 Å². The van der Waals surface area contributed by atoms with Crippen molar-refractivity contribution in [1.82, 2.24) is 0 Å². The lowest BCUT2D eigenvalue weighted by Crippen LogP contribution is -2.29. The van der Waals surface area contributed by atoms with Gasteiger partial charge in [-0.05, 0) is 24.3 Å². The van der Waals surface area contributed by atoms with Crippen LogP contribution in [0.25, 0.3) is 0 Å². The van der Waals surface area contributed by atoms with Gasteiger partial charge in [-0.15, -0.1) is 0 Å². The molecule has 0 amide bonds. The molecule has 0 radical (unpaired) electrons. The molecule has 1 fully saturated rings. The Kier molecular flexibility index (Phi) is 5.03. The largest absolute Gasteiger partial charge is 0.342 e. The Hall–Kier alpha value is -0.290. The van der Waals surface area contributed by atoms with Gasteiger partial charge in [-0.25, -0.2) is 0 Å². The van der Waals surface area contributed by atoms with Gasteiger partial charge in [-0.1, -0.05) is 68.9 Å². The van der Waals surface area contributed by atoms with Crippen LogP contribution in [0.3, 0.4) is 0 Å². The van der Waals surface area contributed by atoms with E-state index >= 15 is 0 Å². The molecule has 1 aliphatic rings. The fraction of sp³-hybridized carbons (Fsp3) is 0.250. The standard InChI is InChI=1S/C16H12BrCl3O2/c17-9-16(10-1-3-11(18)4-2-10)21-8-15(22-16)13-6-5-12(19)7-14(13)20/h1-7,15H,8-9H2/t15-,16+/m0/s1. The van der Waals surface area contributed by atoms with Crippen molar-refractivity contribution in [2.45, 2.75) is 11.9 Å². The fourth-order valence-corrected chi connectivity index (χ4v) is 3.70. The first-order valence-electron chi connectivity index (χ1n) is 6.63. The molecule has 1 aliphatic heterocycles. The lowest BCUT2D eigenvalue weighted by Gasteiger charge is -2.26. The van der Waals surface area contributed by atoms with Gasteiger partial charge in [0.05, 0.1) is 11.9 Å². The van der Waals surface area contributed by atoms with E-state index in [1.807, 2.05) is 30.3 Å². The van der Waals surface area contributed by atoms with Crippen molar-refractivity contribution < 1.29 is 9.47 Å². The molecule has 22 heavy (non-hydrogen) atoms. The number of alkyl halides is 1. The quantitative estimate of drug-likeness (QED) is 0.566. The molecule has 3 rings (SSSR count). The Morgan fingerprint density at radius 1 is 1.05 bits per heavy atom. The Morgan fingerprint density at radius 3 is 2.36 bits per heavy atom. The molecule has 2 aromatic rings. The fourth-order valence-electron chi connectivity index (χ4n) is 2.43. The van der Waals surface area contributed by atoms with Crippen LogP contribution in [0.15, 0.2) is 42.5 Å². The highest BCUT2D eigenvalue weighted by Crippen LogP contribution is 2.43. The van der Waals surface area contributed by atoms with E-state index in [4.69, 9.17) is 44.3 Å². The molecular weight excluding hydrogens is 410 g/mol. The van der Waals surface area contributed by atoms with Crippen LogP contribution < -0.4 is 0 Å². The average molecular weight is 423 g/mol. The summed E-state index contributed by atoms with van der Waals surface area (Å²) >= 11 is 21.6. The molecule has 0 aliphatic carbocycles. The number of hydrogen-bond donors (Lipinski definition) is 0. The third-order valence-electron chi connectivity index (χ3n) is 3.57. The van der Waals surface area contributed by atoms with Crippen molar-refractivity contribution >= 4 is 50.7 Å². The van der Waals surface area contributed by atoms with E-state index in [2.05, 4.69) is 15.9 Å². The molecule has 2 nitrogen and oxygen atoms in total. The Balaban J connectivity index is 1.89. The van der Waals surface area contributed by atoms with E-state index in [0.29, 0.717) is 27.0 Å². The summed E-state index contributed by atoms with van der Waals surface area (Å²) in [5.41, 5.74) is 1.77. The van der Waals surface area contributed by atoms with Gasteiger partial charge in [-0.3, -0.25) is 0 Å². The molecule has 116 valence electrons. The number of halogens is 4. The van der Waals surface area contributed by atoms with Crippen LogP contribution >= 0.6 is 50.7 Å². The number of rotatable bonds is 3. The second-order valence-electron chi connectivity index (χ2n) is 4.98. The summed E-state index contributed by atoms with van der Waals surface area (Å²) in [5, 5.41) is 2.34. The first-order chi connectivity index (χ1) is 10.5. The molecule has 2 aromatic carbocycles. The van der Waals surface area contributed by atoms with Gasteiger partial charge in [0.25, 0.3) is 0 Å². The summed E-state index contributed by atoms with van der Waals surface area (Å²) in [7, 11) is 0. The summed E-state index contributed by atoms with van der Waals surface area (Å²) in [5.74, 6) is -0.849. The summed E-state index contributed by atoms with van der Waals surface area (Å²) in [6.07, 6.45) is -0.252. The van der Waals surface area contributed by atoms with Crippen molar-refractivity contribution in [3.05, 3.63) is 68.7 Å². The summed E-state index contributed by atoms with van der Waals surface area (Å²) < 4.78 is 12.2. The lowest BCUT2D eigenvalue weighted by atomic mass is 10.1.